The van der Waals surface area contributed by atoms with Gasteiger partial charge in [0.15, 0.2) is 0 Å². The minimum absolute atomic E-state index is 0.416. The van der Waals surface area contributed by atoms with Crippen molar-refractivity contribution in [3.63, 3.8) is 0 Å². The SMILES string of the molecule is CCCNCc1csc(S(=O)(=O)NCCCCC(C)C)c1. The van der Waals surface area contributed by atoms with E-state index in [1.165, 1.54) is 11.3 Å². The molecule has 0 unspecified atom stereocenters. The summed E-state index contributed by atoms with van der Waals surface area (Å²) in [6.07, 6.45) is 4.19. The lowest BCUT2D eigenvalue weighted by Crippen LogP contribution is -2.24. The largest absolute Gasteiger partial charge is 0.313 e. The van der Waals surface area contributed by atoms with Gasteiger partial charge in [-0.1, -0.05) is 33.6 Å². The van der Waals surface area contributed by atoms with E-state index in [0.717, 1.165) is 44.3 Å². The number of thiophene rings is 1. The van der Waals surface area contributed by atoms with Crippen LogP contribution in [-0.4, -0.2) is 21.5 Å². The summed E-state index contributed by atoms with van der Waals surface area (Å²) in [5.41, 5.74) is 1.04. The highest BCUT2D eigenvalue weighted by molar-refractivity contribution is 7.91. The van der Waals surface area contributed by atoms with Gasteiger partial charge < -0.3 is 5.32 Å². The van der Waals surface area contributed by atoms with Gasteiger partial charge >= 0.3 is 0 Å². The second-order valence-corrected chi connectivity index (χ2v) is 8.64. The van der Waals surface area contributed by atoms with E-state index in [-0.39, 0.29) is 0 Å². The van der Waals surface area contributed by atoms with Crippen molar-refractivity contribution in [2.75, 3.05) is 13.1 Å². The fourth-order valence-corrected chi connectivity index (χ4v) is 4.28. The predicted molar refractivity (Wildman–Crippen MR) is 90.2 cm³/mol. The molecule has 1 aromatic rings. The number of unbranched alkanes of at least 4 members (excludes halogenated alkanes) is 1. The Morgan fingerprint density at radius 3 is 2.67 bits per heavy atom. The summed E-state index contributed by atoms with van der Waals surface area (Å²) < 4.78 is 27.4. The highest BCUT2D eigenvalue weighted by Gasteiger charge is 2.15. The third-order valence-corrected chi connectivity index (χ3v) is 6.10. The Hall–Kier alpha value is -0.430. The van der Waals surface area contributed by atoms with E-state index in [1.54, 1.807) is 6.07 Å². The lowest BCUT2D eigenvalue weighted by atomic mass is 10.1. The Morgan fingerprint density at radius 1 is 1.24 bits per heavy atom. The monoisotopic (exact) mass is 332 g/mol. The molecule has 0 saturated carbocycles. The fourth-order valence-electron chi connectivity index (χ4n) is 1.95. The van der Waals surface area contributed by atoms with E-state index in [4.69, 9.17) is 0 Å². The standard InChI is InChI=1S/C15H28N2O2S2/c1-4-8-16-11-14-10-15(20-12-14)21(18,19)17-9-6-5-7-13(2)3/h10,12-13,16-17H,4-9,11H2,1-3H3. The third kappa shape index (κ3) is 7.40. The molecule has 21 heavy (non-hydrogen) atoms. The number of rotatable bonds is 11. The van der Waals surface area contributed by atoms with Gasteiger partial charge in [0, 0.05) is 13.1 Å². The molecular formula is C15H28N2O2S2. The summed E-state index contributed by atoms with van der Waals surface area (Å²) >= 11 is 1.29. The third-order valence-electron chi connectivity index (χ3n) is 3.15. The molecule has 0 aromatic carbocycles. The van der Waals surface area contributed by atoms with Crippen molar-refractivity contribution in [3.05, 3.63) is 17.0 Å². The quantitative estimate of drug-likeness (QED) is 0.611. The lowest BCUT2D eigenvalue weighted by molar-refractivity contribution is 0.531. The molecule has 122 valence electrons. The van der Waals surface area contributed by atoms with Crippen molar-refractivity contribution in [2.45, 2.75) is 57.2 Å². The van der Waals surface area contributed by atoms with Crippen LogP contribution in [0.15, 0.2) is 15.7 Å². The molecule has 0 radical (unpaired) electrons. The summed E-state index contributed by atoms with van der Waals surface area (Å²) in [4.78, 5) is 0. The molecule has 0 aliphatic heterocycles. The second-order valence-electron chi connectivity index (χ2n) is 5.74. The molecule has 0 aliphatic carbocycles. The predicted octanol–water partition coefficient (Wildman–Crippen LogP) is 3.35. The zero-order valence-electron chi connectivity index (χ0n) is 13.3. The maximum absolute atomic E-state index is 12.2. The molecule has 1 rings (SSSR count). The molecule has 0 saturated heterocycles. The highest BCUT2D eigenvalue weighted by Crippen LogP contribution is 2.20. The number of nitrogens with one attached hydrogen (secondary N) is 2. The summed E-state index contributed by atoms with van der Waals surface area (Å²) in [6.45, 7) is 8.68. The maximum atomic E-state index is 12.2. The Kier molecular flexibility index (Phi) is 8.48. The molecule has 1 aromatic heterocycles. The summed E-state index contributed by atoms with van der Waals surface area (Å²) in [5.74, 6) is 0.678. The lowest BCUT2D eigenvalue weighted by Gasteiger charge is -2.06. The van der Waals surface area contributed by atoms with Crippen LogP contribution in [0.3, 0.4) is 0 Å². The Bertz CT molecular complexity index is 496. The van der Waals surface area contributed by atoms with Crippen LogP contribution < -0.4 is 10.0 Å². The van der Waals surface area contributed by atoms with Gasteiger partial charge in [0.05, 0.1) is 0 Å². The molecule has 0 bridgehead atoms. The van der Waals surface area contributed by atoms with E-state index in [0.29, 0.717) is 16.7 Å². The van der Waals surface area contributed by atoms with Gasteiger partial charge in [-0.15, -0.1) is 11.3 Å². The molecule has 0 atom stereocenters. The van der Waals surface area contributed by atoms with E-state index in [2.05, 4.69) is 30.8 Å². The van der Waals surface area contributed by atoms with Gasteiger partial charge in [0.25, 0.3) is 0 Å². The van der Waals surface area contributed by atoms with E-state index in [1.807, 2.05) is 5.38 Å². The topological polar surface area (TPSA) is 58.2 Å². The van der Waals surface area contributed by atoms with Crippen molar-refractivity contribution in [3.8, 4) is 0 Å². The zero-order chi connectivity index (χ0) is 15.7. The van der Waals surface area contributed by atoms with E-state index < -0.39 is 10.0 Å². The van der Waals surface area contributed by atoms with Crippen molar-refractivity contribution in [2.24, 2.45) is 5.92 Å². The van der Waals surface area contributed by atoms with Gasteiger partial charge in [-0.2, -0.15) is 0 Å². The van der Waals surface area contributed by atoms with Crippen LogP contribution in [0.2, 0.25) is 0 Å². The first kappa shape index (κ1) is 18.6. The minimum atomic E-state index is -3.33. The number of hydrogen-bond acceptors (Lipinski definition) is 4. The molecular weight excluding hydrogens is 304 g/mol. The van der Waals surface area contributed by atoms with Crippen LogP contribution in [-0.2, 0) is 16.6 Å². The maximum Gasteiger partial charge on any atom is 0.250 e. The molecule has 0 amide bonds. The summed E-state index contributed by atoms with van der Waals surface area (Å²) in [6, 6.07) is 1.77. The highest BCUT2D eigenvalue weighted by atomic mass is 32.2. The van der Waals surface area contributed by atoms with Crippen LogP contribution >= 0.6 is 11.3 Å². The minimum Gasteiger partial charge on any atom is -0.313 e. The molecule has 1 heterocycles. The normalized spacial score (nSPS) is 12.2. The van der Waals surface area contributed by atoms with E-state index in [9.17, 15) is 8.42 Å². The van der Waals surface area contributed by atoms with Gasteiger partial charge in [-0.25, -0.2) is 13.1 Å². The van der Waals surface area contributed by atoms with Crippen LogP contribution in [0.25, 0.3) is 0 Å². The van der Waals surface area contributed by atoms with Crippen LogP contribution in [0.5, 0.6) is 0 Å². The van der Waals surface area contributed by atoms with Crippen LogP contribution in [0, 0.1) is 5.92 Å². The number of hydrogen-bond donors (Lipinski definition) is 2. The summed E-state index contributed by atoms with van der Waals surface area (Å²) in [7, 11) is -3.33. The molecule has 0 fully saturated rings. The van der Waals surface area contributed by atoms with E-state index >= 15 is 0 Å². The second kappa shape index (κ2) is 9.56. The average molecular weight is 333 g/mol. The van der Waals surface area contributed by atoms with Gasteiger partial charge in [-0.05, 0) is 42.3 Å². The van der Waals surface area contributed by atoms with Crippen molar-refractivity contribution >= 4 is 21.4 Å². The zero-order valence-corrected chi connectivity index (χ0v) is 14.9. The van der Waals surface area contributed by atoms with Crippen molar-refractivity contribution in [1.29, 1.82) is 0 Å². The van der Waals surface area contributed by atoms with Gasteiger partial charge in [-0.3, -0.25) is 0 Å². The Morgan fingerprint density at radius 2 is 2.00 bits per heavy atom. The van der Waals surface area contributed by atoms with Crippen molar-refractivity contribution < 1.29 is 8.42 Å². The average Bonchev–Trinajstić information content (AvgIpc) is 2.88. The van der Waals surface area contributed by atoms with Crippen LogP contribution in [0.4, 0.5) is 0 Å². The first-order chi connectivity index (χ1) is 9.95. The molecule has 6 heteroatoms. The Labute approximate surface area is 133 Å². The fraction of sp³-hybridized carbons (Fsp3) is 0.733. The molecule has 0 aliphatic rings. The van der Waals surface area contributed by atoms with Gasteiger partial charge in [0.2, 0.25) is 10.0 Å². The molecule has 4 nitrogen and oxygen atoms in total. The molecule has 0 spiro atoms. The first-order valence-electron chi connectivity index (χ1n) is 7.73. The summed E-state index contributed by atoms with van der Waals surface area (Å²) in [5, 5.41) is 5.19. The first-order valence-corrected chi connectivity index (χ1v) is 10.1. The van der Waals surface area contributed by atoms with Crippen LogP contribution in [0.1, 0.15) is 52.0 Å². The molecule has 2 N–H and O–H groups in total. The smallest absolute Gasteiger partial charge is 0.250 e. The van der Waals surface area contributed by atoms with Crippen molar-refractivity contribution in [1.82, 2.24) is 10.0 Å². The van der Waals surface area contributed by atoms with Gasteiger partial charge in [0.1, 0.15) is 4.21 Å². The Balaban J connectivity index is 2.39. The number of sulfonamides is 1.